The van der Waals surface area contributed by atoms with Crippen LogP contribution in [0, 0.1) is 11.8 Å². The Kier molecular flexibility index (Phi) is 8.76. The SMILES string of the molecule is CCCC(OC(=O)c1cc(-c2ccc(N3C(=O)C4CC=CCC4C3=O)cc2)nc2c(CC)cc(Br)cc12)C(=O)c1ccccc1. The molecule has 3 aromatic carbocycles. The van der Waals surface area contributed by atoms with Crippen molar-refractivity contribution < 1.29 is 23.9 Å². The maximum Gasteiger partial charge on any atom is 0.339 e. The maximum atomic E-state index is 13.9. The second-order valence-corrected chi connectivity index (χ2v) is 12.4. The number of hydrogen-bond donors (Lipinski definition) is 0. The number of anilines is 1. The lowest BCUT2D eigenvalue weighted by atomic mass is 9.85. The van der Waals surface area contributed by atoms with Crippen molar-refractivity contribution in [1.82, 2.24) is 4.98 Å². The fourth-order valence-electron chi connectivity index (χ4n) is 6.27. The zero-order valence-corrected chi connectivity index (χ0v) is 26.8. The molecule has 0 spiro atoms. The number of fused-ring (bicyclic) bond motifs is 2. The Morgan fingerprint density at radius 2 is 1.60 bits per heavy atom. The summed E-state index contributed by atoms with van der Waals surface area (Å²) in [5.74, 6) is -1.80. The van der Waals surface area contributed by atoms with E-state index < -0.39 is 12.1 Å². The Hall–Kier alpha value is -4.43. The minimum atomic E-state index is -0.928. The molecule has 7 nitrogen and oxygen atoms in total. The number of halogens is 1. The number of esters is 1. The van der Waals surface area contributed by atoms with Crippen molar-refractivity contribution in [2.24, 2.45) is 11.8 Å². The van der Waals surface area contributed by atoms with Gasteiger partial charge in [0.25, 0.3) is 0 Å². The average molecular weight is 666 g/mol. The van der Waals surface area contributed by atoms with Gasteiger partial charge in [-0.3, -0.25) is 19.3 Å². The molecule has 45 heavy (non-hydrogen) atoms. The Morgan fingerprint density at radius 1 is 0.933 bits per heavy atom. The van der Waals surface area contributed by atoms with Crippen molar-refractivity contribution >= 4 is 56.1 Å². The number of amides is 2. The van der Waals surface area contributed by atoms with Gasteiger partial charge in [-0.25, -0.2) is 9.78 Å². The van der Waals surface area contributed by atoms with Crippen LogP contribution in [0.2, 0.25) is 0 Å². The lowest BCUT2D eigenvalue weighted by Crippen LogP contribution is -2.30. The highest BCUT2D eigenvalue weighted by Crippen LogP contribution is 2.38. The van der Waals surface area contributed by atoms with Gasteiger partial charge < -0.3 is 4.74 Å². The van der Waals surface area contributed by atoms with Crippen LogP contribution >= 0.6 is 15.9 Å². The maximum absolute atomic E-state index is 13.9. The number of ketones is 1. The van der Waals surface area contributed by atoms with Gasteiger partial charge >= 0.3 is 5.97 Å². The highest BCUT2D eigenvalue weighted by atomic mass is 79.9. The minimum absolute atomic E-state index is 0.166. The molecule has 3 atom stereocenters. The minimum Gasteiger partial charge on any atom is -0.450 e. The molecule has 4 aromatic rings. The molecule has 1 saturated heterocycles. The first-order valence-electron chi connectivity index (χ1n) is 15.4. The molecule has 0 radical (unpaired) electrons. The monoisotopic (exact) mass is 664 g/mol. The molecule has 0 saturated carbocycles. The molecule has 2 amide bonds. The summed E-state index contributed by atoms with van der Waals surface area (Å²) in [5, 5.41) is 0.624. The number of benzene rings is 3. The van der Waals surface area contributed by atoms with Crippen LogP contribution in [-0.2, 0) is 20.7 Å². The van der Waals surface area contributed by atoms with E-state index in [1.165, 1.54) is 4.90 Å². The normalized spacial score (nSPS) is 18.2. The first kappa shape index (κ1) is 30.6. The van der Waals surface area contributed by atoms with Crippen molar-refractivity contribution in [3.63, 3.8) is 0 Å². The fraction of sp³-hybridized carbons (Fsp3) is 0.270. The Bertz CT molecular complexity index is 1810. The van der Waals surface area contributed by atoms with Crippen LogP contribution in [0.1, 0.15) is 65.8 Å². The number of nitrogens with zero attached hydrogens (tertiary/aromatic N) is 2. The number of imide groups is 1. The van der Waals surface area contributed by atoms with Crippen LogP contribution in [0.15, 0.2) is 89.4 Å². The Labute approximate surface area is 270 Å². The lowest BCUT2D eigenvalue weighted by Gasteiger charge is -2.18. The van der Waals surface area contributed by atoms with Crippen LogP contribution in [0.5, 0.6) is 0 Å². The number of carbonyl (C=O) groups is 4. The summed E-state index contributed by atoms with van der Waals surface area (Å²) in [5.41, 5.74) is 4.17. The lowest BCUT2D eigenvalue weighted by molar-refractivity contribution is -0.122. The zero-order chi connectivity index (χ0) is 31.7. The molecule has 2 aliphatic rings. The number of allylic oxidation sites excluding steroid dienone is 2. The van der Waals surface area contributed by atoms with Gasteiger partial charge in [-0.15, -0.1) is 0 Å². The fourth-order valence-corrected chi connectivity index (χ4v) is 6.77. The summed E-state index contributed by atoms with van der Waals surface area (Å²) in [6.45, 7) is 3.97. The molecule has 1 aliphatic heterocycles. The molecule has 8 heteroatoms. The number of rotatable bonds is 9. The van der Waals surface area contributed by atoms with Gasteiger partial charge in [-0.05, 0) is 61.6 Å². The Balaban J connectivity index is 1.37. The third-order valence-electron chi connectivity index (χ3n) is 8.64. The third kappa shape index (κ3) is 5.87. The Morgan fingerprint density at radius 3 is 2.22 bits per heavy atom. The molecule has 0 N–H and O–H groups in total. The van der Waals surface area contributed by atoms with Crippen molar-refractivity contribution in [3.8, 4) is 11.3 Å². The quantitative estimate of drug-likeness (QED) is 0.0782. The highest BCUT2D eigenvalue weighted by molar-refractivity contribution is 9.10. The molecule has 6 rings (SSSR count). The third-order valence-corrected chi connectivity index (χ3v) is 9.10. The molecule has 228 valence electrons. The molecule has 1 aromatic heterocycles. The van der Waals surface area contributed by atoms with E-state index >= 15 is 0 Å². The average Bonchev–Trinajstić information content (AvgIpc) is 3.32. The van der Waals surface area contributed by atoms with E-state index in [1.54, 1.807) is 42.5 Å². The second kappa shape index (κ2) is 12.9. The zero-order valence-electron chi connectivity index (χ0n) is 25.2. The van der Waals surface area contributed by atoms with Gasteiger partial charge in [0, 0.05) is 21.0 Å². The first-order chi connectivity index (χ1) is 21.8. The number of hydrogen-bond acceptors (Lipinski definition) is 6. The van der Waals surface area contributed by atoms with Crippen LogP contribution in [-0.4, -0.2) is 34.7 Å². The van der Waals surface area contributed by atoms with Crippen molar-refractivity contribution in [2.75, 3.05) is 4.90 Å². The summed E-state index contributed by atoms with van der Waals surface area (Å²) < 4.78 is 6.75. The molecule has 3 unspecified atom stereocenters. The molecule has 1 fully saturated rings. The van der Waals surface area contributed by atoms with Crippen molar-refractivity contribution in [2.45, 2.75) is 52.1 Å². The van der Waals surface area contributed by atoms with Gasteiger partial charge in [0.05, 0.1) is 34.3 Å². The van der Waals surface area contributed by atoms with E-state index in [0.717, 1.165) is 10.0 Å². The molecule has 2 heterocycles. The van der Waals surface area contributed by atoms with Crippen molar-refractivity contribution in [1.29, 1.82) is 0 Å². The second-order valence-electron chi connectivity index (χ2n) is 11.5. The van der Waals surface area contributed by atoms with Crippen molar-refractivity contribution in [3.05, 3.63) is 106 Å². The smallest absolute Gasteiger partial charge is 0.339 e. The standard InChI is InChI=1S/C37H33BrN2O5/c1-3-10-32(34(41)24-11-6-5-7-12-24)45-37(44)30-21-31(39-33-22(4-2)19-25(38)20-29(30)33)23-15-17-26(18-16-23)40-35(42)27-13-8-9-14-28(27)36(40)43/h5-9,11-12,15-21,27-28,32H,3-4,10,13-14H2,1-2H3. The van der Waals surface area contributed by atoms with Gasteiger partial charge in [-0.2, -0.15) is 0 Å². The summed E-state index contributed by atoms with van der Waals surface area (Å²) >= 11 is 3.58. The van der Waals surface area contributed by atoms with Crippen LogP contribution < -0.4 is 4.90 Å². The molecular weight excluding hydrogens is 632 g/mol. The van der Waals surface area contributed by atoms with E-state index in [1.807, 2.05) is 56.3 Å². The first-order valence-corrected chi connectivity index (χ1v) is 16.2. The largest absolute Gasteiger partial charge is 0.450 e. The summed E-state index contributed by atoms with van der Waals surface area (Å²) in [6.07, 6.45) is 5.91. The van der Waals surface area contributed by atoms with E-state index in [2.05, 4.69) is 15.9 Å². The number of aryl methyl sites for hydroxylation is 1. The van der Waals surface area contributed by atoms with Crippen LogP contribution in [0.3, 0.4) is 0 Å². The van der Waals surface area contributed by atoms with E-state index in [0.29, 0.717) is 71.1 Å². The van der Waals surface area contributed by atoms with Gasteiger partial charge in [0.15, 0.2) is 6.10 Å². The van der Waals surface area contributed by atoms with Gasteiger partial charge in [-0.1, -0.05) is 90.8 Å². The number of pyridine rings is 1. The van der Waals surface area contributed by atoms with Gasteiger partial charge in [0.1, 0.15) is 0 Å². The van der Waals surface area contributed by atoms with Gasteiger partial charge in [0.2, 0.25) is 17.6 Å². The summed E-state index contributed by atoms with van der Waals surface area (Å²) in [7, 11) is 0. The highest BCUT2D eigenvalue weighted by Gasteiger charge is 2.47. The van der Waals surface area contributed by atoms with E-state index in [4.69, 9.17) is 9.72 Å². The molecule has 0 bridgehead atoms. The molecule has 1 aliphatic carbocycles. The predicted octanol–water partition coefficient (Wildman–Crippen LogP) is 7.89. The topological polar surface area (TPSA) is 93.6 Å². The number of carbonyl (C=O) groups excluding carboxylic acids is 4. The number of aromatic nitrogens is 1. The number of Topliss-reactive ketones (excluding diaryl/α,β-unsaturated/α-hetero) is 1. The van der Waals surface area contributed by atoms with Crippen LogP contribution in [0.25, 0.3) is 22.2 Å². The van der Waals surface area contributed by atoms with Crippen LogP contribution in [0.4, 0.5) is 5.69 Å². The summed E-state index contributed by atoms with van der Waals surface area (Å²) in [6, 6.07) is 21.5. The van der Waals surface area contributed by atoms with E-state index in [-0.39, 0.29) is 29.4 Å². The number of ether oxygens (including phenoxy) is 1. The van der Waals surface area contributed by atoms with E-state index in [9.17, 15) is 19.2 Å². The molecular formula is C37H33BrN2O5. The summed E-state index contributed by atoms with van der Waals surface area (Å²) in [4.78, 5) is 59.7. The predicted molar refractivity (Wildman–Crippen MR) is 177 cm³/mol.